The lowest BCUT2D eigenvalue weighted by molar-refractivity contribution is -0.302. The minimum Gasteiger partial charge on any atom is -0.394 e. The Bertz CT molecular complexity index is 1530. The number of carbonyl (C=O) groups is 1. The van der Waals surface area contributed by atoms with Crippen molar-refractivity contribution < 1.29 is 39.8 Å². The van der Waals surface area contributed by atoms with Crippen LogP contribution in [0.15, 0.2) is 97.2 Å². The Morgan fingerprint density at radius 2 is 0.818 bits per heavy atom. The molecule has 7 atom stereocenters. The van der Waals surface area contributed by atoms with Crippen LogP contribution in [0.1, 0.15) is 271 Å². The topological polar surface area (TPSA) is 149 Å². The summed E-state index contributed by atoms with van der Waals surface area (Å²) in [7, 11) is 0. The number of aliphatic hydroxyl groups is 5. The fraction of sp³-hybridized carbons (Fsp3) is 0.750. The standard InChI is InChI=1S/C68H119NO8/c1-3-5-7-9-11-13-15-17-19-21-22-23-24-25-26-27-28-29-30-31-32-33-34-35-36-37-38-39-40-42-44-46-48-50-52-54-56-58-64(72)69-61(60-76-68-67(75)66(74)65(73)63(59-70)77-68)62(71)57-55-53-51-49-47-45-43-41-20-18-16-14-12-10-8-6-4-2/h5,7,11,13,17,19,22-23,25-26,28-29,47,49,55,57,61-63,65-68,70-71,73-75H,3-4,6,8-10,12,14-16,18,20-21,24,27,30-46,48,50-54,56,58-60H2,1-2H3,(H,69,72)/b7-5-,13-11-,19-17-,23-22-,26-25-,29-28-,49-47+,57-55+. The zero-order chi connectivity index (χ0) is 55.8. The molecule has 0 aromatic carbocycles. The minimum atomic E-state index is -1.57. The van der Waals surface area contributed by atoms with Crippen molar-refractivity contribution in [2.24, 2.45) is 0 Å². The van der Waals surface area contributed by atoms with Crippen LogP contribution in [0.3, 0.4) is 0 Å². The molecule has 9 nitrogen and oxygen atoms in total. The monoisotopic (exact) mass is 1080 g/mol. The average Bonchev–Trinajstić information content (AvgIpc) is 3.43. The number of ether oxygens (including phenoxy) is 2. The second-order valence-electron chi connectivity index (χ2n) is 21.8. The van der Waals surface area contributed by atoms with Gasteiger partial charge in [0.25, 0.3) is 0 Å². The molecule has 9 heteroatoms. The quantitative estimate of drug-likeness (QED) is 0.0261. The van der Waals surface area contributed by atoms with E-state index >= 15 is 0 Å². The normalized spacial score (nSPS) is 19.4. The summed E-state index contributed by atoms with van der Waals surface area (Å²) < 4.78 is 11.3. The van der Waals surface area contributed by atoms with E-state index in [-0.39, 0.29) is 12.5 Å². The van der Waals surface area contributed by atoms with Crippen molar-refractivity contribution in [1.29, 1.82) is 0 Å². The van der Waals surface area contributed by atoms with E-state index in [1.807, 2.05) is 6.08 Å². The lowest BCUT2D eigenvalue weighted by atomic mass is 9.99. The smallest absolute Gasteiger partial charge is 0.220 e. The van der Waals surface area contributed by atoms with Crippen molar-refractivity contribution in [3.63, 3.8) is 0 Å². The second kappa shape index (κ2) is 56.4. The van der Waals surface area contributed by atoms with Crippen LogP contribution in [-0.4, -0.2) is 87.5 Å². The summed E-state index contributed by atoms with van der Waals surface area (Å²) in [5, 5.41) is 54.5. The van der Waals surface area contributed by atoms with Gasteiger partial charge in [-0.25, -0.2) is 0 Å². The van der Waals surface area contributed by atoms with Crippen LogP contribution in [0.25, 0.3) is 0 Å². The maximum Gasteiger partial charge on any atom is 0.220 e. The van der Waals surface area contributed by atoms with Gasteiger partial charge in [-0.15, -0.1) is 0 Å². The fourth-order valence-corrected chi connectivity index (χ4v) is 9.65. The van der Waals surface area contributed by atoms with Crippen LogP contribution in [0, 0.1) is 0 Å². The maximum atomic E-state index is 13.1. The molecule has 444 valence electrons. The minimum absolute atomic E-state index is 0.186. The SMILES string of the molecule is CC/C=C\C/C=C\C/C=C\C/C=C\C/C=C\C/C=C\CCCCCCCCCCCCCCCCCCCCC(=O)NC(COC1OC(CO)C(O)C(O)C1O)C(O)/C=C/CC/C=C/CCCCCCCCCCCCC. The number of nitrogens with one attached hydrogen (secondary N) is 1. The van der Waals surface area contributed by atoms with E-state index in [0.717, 1.165) is 77.0 Å². The van der Waals surface area contributed by atoms with E-state index in [1.165, 1.54) is 173 Å². The van der Waals surface area contributed by atoms with Gasteiger partial charge in [0.2, 0.25) is 5.91 Å². The third kappa shape index (κ3) is 45.5. The number of hydrogen-bond acceptors (Lipinski definition) is 8. The average molecular weight is 1080 g/mol. The second-order valence-corrected chi connectivity index (χ2v) is 21.8. The maximum absolute atomic E-state index is 13.1. The largest absolute Gasteiger partial charge is 0.394 e. The number of rotatable bonds is 54. The Morgan fingerprint density at radius 1 is 0.455 bits per heavy atom. The molecule has 1 fully saturated rings. The van der Waals surface area contributed by atoms with Gasteiger partial charge in [-0.2, -0.15) is 0 Å². The van der Waals surface area contributed by atoms with Crippen molar-refractivity contribution in [2.75, 3.05) is 13.2 Å². The van der Waals surface area contributed by atoms with Crippen LogP contribution < -0.4 is 5.32 Å². The summed E-state index contributed by atoms with van der Waals surface area (Å²) in [6.45, 7) is 3.66. The number of hydrogen-bond donors (Lipinski definition) is 6. The summed E-state index contributed by atoms with van der Waals surface area (Å²) in [6.07, 6.45) is 75.0. The van der Waals surface area contributed by atoms with Crippen molar-refractivity contribution >= 4 is 5.91 Å². The van der Waals surface area contributed by atoms with E-state index in [9.17, 15) is 30.3 Å². The lowest BCUT2D eigenvalue weighted by Crippen LogP contribution is -2.60. The molecule has 6 N–H and O–H groups in total. The summed E-state index contributed by atoms with van der Waals surface area (Å²) in [5.41, 5.74) is 0. The molecule has 0 bridgehead atoms. The zero-order valence-electron chi connectivity index (χ0n) is 49.4. The van der Waals surface area contributed by atoms with Crippen LogP contribution in [0.4, 0.5) is 0 Å². The van der Waals surface area contributed by atoms with Crippen LogP contribution in [-0.2, 0) is 14.3 Å². The Morgan fingerprint density at radius 3 is 1.25 bits per heavy atom. The van der Waals surface area contributed by atoms with E-state index in [0.29, 0.717) is 6.42 Å². The predicted octanol–water partition coefficient (Wildman–Crippen LogP) is 16.7. The fourth-order valence-electron chi connectivity index (χ4n) is 9.65. The van der Waals surface area contributed by atoms with Crippen molar-refractivity contribution in [1.82, 2.24) is 5.32 Å². The van der Waals surface area contributed by atoms with Gasteiger partial charge < -0.3 is 40.3 Å². The van der Waals surface area contributed by atoms with Gasteiger partial charge in [0.15, 0.2) is 6.29 Å². The van der Waals surface area contributed by atoms with Gasteiger partial charge in [-0.05, 0) is 83.5 Å². The molecule has 0 aromatic heterocycles. The molecule has 0 radical (unpaired) electrons. The summed E-state index contributed by atoms with van der Waals surface area (Å²) in [5.74, 6) is -0.186. The third-order valence-corrected chi connectivity index (χ3v) is 14.6. The van der Waals surface area contributed by atoms with Gasteiger partial charge in [0.05, 0.1) is 25.4 Å². The first-order valence-electron chi connectivity index (χ1n) is 32.0. The molecule has 0 aromatic rings. The molecule has 77 heavy (non-hydrogen) atoms. The number of allylic oxidation sites excluding steroid dienone is 15. The summed E-state index contributed by atoms with van der Waals surface area (Å²) in [6, 6.07) is -0.825. The highest BCUT2D eigenvalue weighted by Gasteiger charge is 2.44. The Labute approximate surface area is 473 Å². The van der Waals surface area contributed by atoms with E-state index in [1.54, 1.807) is 6.08 Å². The van der Waals surface area contributed by atoms with Gasteiger partial charge in [0.1, 0.15) is 24.4 Å². The predicted molar refractivity (Wildman–Crippen MR) is 327 cm³/mol. The van der Waals surface area contributed by atoms with Crippen LogP contribution >= 0.6 is 0 Å². The highest BCUT2D eigenvalue weighted by molar-refractivity contribution is 5.76. The van der Waals surface area contributed by atoms with Crippen molar-refractivity contribution in [3.8, 4) is 0 Å². The van der Waals surface area contributed by atoms with Gasteiger partial charge in [0, 0.05) is 6.42 Å². The van der Waals surface area contributed by atoms with Gasteiger partial charge >= 0.3 is 0 Å². The van der Waals surface area contributed by atoms with Crippen molar-refractivity contribution in [3.05, 3.63) is 97.2 Å². The number of carbonyl (C=O) groups excluding carboxylic acids is 1. The van der Waals surface area contributed by atoms with Crippen molar-refractivity contribution in [2.45, 2.75) is 314 Å². The van der Waals surface area contributed by atoms with Crippen LogP contribution in [0.5, 0.6) is 0 Å². The molecule has 1 aliphatic rings. The molecular formula is C68H119NO8. The lowest BCUT2D eigenvalue weighted by Gasteiger charge is -2.40. The first-order valence-corrected chi connectivity index (χ1v) is 32.0. The van der Waals surface area contributed by atoms with E-state index in [4.69, 9.17) is 9.47 Å². The molecule has 1 amide bonds. The Hall–Kier alpha value is -2.89. The summed E-state index contributed by atoms with van der Waals surface area (Å²) >= 11 is 0. The van der Waals surface area contributed by atoms with E-state index in [2.05, 4.69) is 104 Å². The molecular weight excluding hydrogens is 959 g/mol. The molecule has 7 unspecified atom stereocenters. The Balaban J connectivity index is 2.12. The molecule has 1 rings (SSSR count). The molecule has 0 aliphatic carbocycles. The Kier molecular flexibility index (Phi) is 52.8. The van der Waals surface area contributed by atoms with Crippen LogP contribution in [0.2, 0.25) is 0 Å². The highest BCUT2D eigenvalue weighted by atomic mass is 16.7. The summed E-state index contributed by atoms with van der Waals surface area (Å²) in [4.78, 5) is 13.1. The van der Waals surface area contributed by atoms with Gasteiger partial charge in [-0.1, -0.05) is 278 Å². The number of aliphatic hydroxyl groups excluding tert-OH is 5. The molecule has 1 saturated heterocycles. The molecule has 1 heterocycles. The third-order valence-electron chi connectivity index (χ3n) is 14.6. The van der Waals surface area contributed by atoms with Gasteiger partial charge in [-0.3, -0.25) is 4.79 Å². The number of amides is 1. The molecule has 1 aliphatic heterocycles. The molecule has 0 saturated carbocycles. The number of unbranched alkanes of at least 4 members (excludes halogenated alkanes) is 30. The first kappa shape index (κ1) is 72.1. The molecule has 0 spiro atoms. The first-order chi connectivity index (χ1) is 37.8. The highest BCUT2D eigenvalue weighted by Crippen LogP contribution is 2.23. The zero-order valence-corrected chi connectivity index (χ0v) is 49.4. The van der Waals surface area contributed by atoms with E-state index < -0.39 is 49.5 Å².